The Labute approximate surface area is 93.8 Å². The summed E-state index contributed by atoms with van der Waals surface area (Å²) in [5.41, 5.74) is 0.589. The smallest absolute Gasteiger partial charge is 0.339 e. The number of aromatic carboxylic acids is 1. The Balaban J connectivity index is 2.62. The summed E-state index contributed by atoms with van der Waals surface area (Å²) in [5.74, 6) is -0.944. The molecule has 90 valence electrons. The zero-order valence-electron chi connectivity index (χ0n) is 9.17. The van der Waals surface area contributed by atoms with Crippen LogP contribution in [0.1, 0.15) is 22.5 Å². The molecule has 0 atom stereocenters. The normalized spacial score (nSPS) is 11.6. The van der Waals surface area contributed by atoms with Crippen molar-refractivity contribution < 1.29 is 18.3 Å². The summed E-state index contributed by atoms with van der Waals surface area (Å²) < 4.78 is 23.2. The van der Waals surface area contributed by atoms with Gasteiger partial charge in [0.25, 0.3) is 0 Å². The van der Waals surface area contributed by atoms with Gasteiger partial charge in [-0.2, -0.15) is 5.10 Å². The molecule has 7 heteroatoms. The predicted molar refractivity (Wildman–Crippen MR) is 58.3 cm³/mol. The zero-order valence-corrected chi connectivity index (χ0v) is 9.99. The van der Waals surface area contributed by atoms with Crippen molar-refractivity contribution in [2.75, 3.05) is 12.0 Å². The number of hydrogen-bond acceptors (Lipinski definition) is 4. The standard InChI is InChI=1S/C9H14N2O4S/c1-7-8(9(12)13)6-11(10-7)4-3-5-16(2,14)15/h6H,3-5H2,1-2H3,(H,12,13). The molecule has 6 nitrogen and oxygen atoms in total. The fourth-order valence-corrected chi connectivity index (χ4v) is 1.98. The summed E-state index contributed by atoms with van der Waals surface area (Å²) in [4.78, 5) is 10.7. The maximum absolute atomic E-state index is 10.9. The molecule has 1 aromatic heterocycles. The van der Waals surface area contributed by atoms with E-state index in [1.807, 2.05) is 0 Å². The largest absolute Gasteiger partial charge is 0.478 e. The van der Waals surface area contributed by atoms with Crippen molar-refractivity contribution in [1.82, 2.24) is 9.78 Å². The Morgan fingerprint density at radius 1 is 1.56 bits per heavy atom. The number of nitrogens with zero attached hydrogens (tertiary/aromatic N) is 2. The Kier molecular flexibility index (Phi) is 3.69. The highest BCUT2D eigenvalue weighted by Crippen LogP contribution is 2.06. The van der Waals surface area contributed by atoms with Crippen molar-refractivity contribution >= 4 is 15.8 Å². The minimum atomic E-state index is -2.97. The van der Waals surface area contributed by atoms with Gasteiger partial charge in [0.05, 0.1) is 11.4 Å². The average Bonchev–Trinajstić information content (AvgIpc) is 2.44. The third-order valence-electron chi connectivity index (χ3n) is 2.08. The second-order valence-corrected chi connectivity index (χ2v) is 5.94. The SMILES string of the molecule is Cc1nn(CCCS(C)(=O)=O)cc1C(=O)O. The summed E-state index contributed by atoms with van der Waals surface area (Å²) in [5, 5.41) is 12.8. The molecule has 0 unspecified atom stereocenters. The average molecular weight is 246 g/mol. The van der Waals surface area contributed by atoms with Gasteiger partial charge in [0.1, 0.15) is 15.4 Å². The number of sulfone groups is 1. The summed E-state index contributed by atoms with van der Waals surface area (Å²) in [6, 6.07) is 0. The molecule has 1 rings (SSSR count). The van der Waals surface area contributed by atoms with Gasteiger partial charge in [-0.3, -0.25) is 4.68 Å². The molecule has 0 saturated carbocycles. The first-order valence-corrected chi connectivity index (χ1v) is 6.81. The van der Waals surface area contributed by atoms with E-state index in [0.717, 1.165) is 0 Å². The van der Waals surface area contributed by atoms with Crippen LogP contribution >= 0.6 is 0 Å². The number of carboxylic acids is 1. The van der Waals surface area contributed by atoms with Gasteiger partial charge in [-0.25, -0.2) is 13.2 Å². The molecule has 0 aliphatic rings. The van der Waals surface area contributed by atoms with Gasteiger partial charge < -0.3 is 5.11 Å². The van der Waals surface area contributed by atoms with Crippen LogP contribution in [0.3, 0.4) is 0 Å². The van der Waals surface area contributed by atoms with Crippen LogP contribution in [0.4, 0.5) is 0 Å². The van der Waals surface area contributed by atoms with Crippen molar-refractivity contribution in [3.63, 3.8) is 0 Å². The van der Waals surface area contributed by atoms with Crippen molar-refractivity contribution in [3.05, 3.63) is 17.5 Å². The highest BCUT2D eigenvalue weighted by Gasteiger charge is 2.11. The molecular weight excluding hydrogens is 232 g/mol. The van der Waals surface area contributed by atoms with E-state index in [1.54, 1.807) is 6.92 Å². The van der Waals surface area contributed by atoms with Crippen molar-refractivity contribution in [1.29, 1.82) is 0 Å². The quantitative estimate of drug-likeness (QED) is 0.808. The highest BCUT2D eigenvalue weighted by molar-refractivity contribution is 7.90. The minimum Gasteiger partial charge on any atom is -0.478 e. The lowest BCUT2D eigenvalue weighted by atomic mass is 10.3. The van der Waals surface area contributed by atoms with Crippen molar-refractivity contribution in [3.8, 4) is 0 Å². The molecule has 0 bridgehead atoms. The lowest BCUT2D eigenvalue weighted by Gasteiger charge is -1.99. The maximum Gasteiger partial charge on any atom is 0.339 e. The summed E-state index contributed by atoms with van der Waals surface area (Å²) >= 11 is 0. The van der Waals surface area contributed by atoms with E-state index >= 15 is 0 Å². The summed E-state index contributed by atoms with van der Waals surface area (Å²) in [6.07, 6.45) is 3.02. The van der Waals surface area contributed by atoms with E-state index in [2.05, 4.69) is 5.10 Å². The molecule has 1 aromatic rings. The first kappa shape index (κ1) is 12.7. The third kappa shape index (κ3) is 3.65. The minimum absolute atomic E-state index is 0.0777. The molecule has 1 heterocycles. The Morgan fingerprint density at radius 2 is 2.19 bits per heavy atom. The second kappa shape index (κ2) is 4.65. The second-order valence-electron chi connectivity index (χ2n) is 3.68. The van der Waals surface area contributed by atoms with E-state index < -0.39 is 15.8 Å². The molecule has 0 aliphatic heterocycles. The lowest BCUT2D eigenvalue weighted by Crippen LogP contribution is -2.07. The first-order chi connectivity index (χ1) is 7.29. The monoisotopic (exact) mass is 246 g/mol. The third-order valence-corrected chi connectivity index (χ3v) is 3.11. The number of carbonyl (C=O) groups is 1. The van der Waals surface area contributed by atoms with Crippen LogP contribution in [0.15, 0.2) is 6.20 Å². The molecule has 1 N–H and O–H groups in total. The van der Waals surface area contributed by atoms with E-state index in [4.69, 9.17) is 5.11 Å². The fourth-order valence-electron chi connectivity index (χ4n) is 1.33. The van der Waals surface area contributed by atoms with E-state index in [0.29, 0.717) is 18.7 Å². The number of aryl methyl sites for hydroxylation is 2. The topological polar surface area (TPSA) is 89.3 Å². The van der Waals surface area contributed by atoms with Crippen LogP contribution in [0.25, 0.3) is 0 Å². The molecule has 0 radical (unpaired) electrons. The number of rotatable bonds is 5. The zero-order chi connectivity index (χ0) is 12.3. The van der Waals surface area contributed by atoms with Crippen LogP contribution in [0, 0.1) is 6.92 Å². The van der Waals surface area contributed by atoms with Crippen molar-refractivity contribution in [2.24, 2.45) is 0 Å². The van der Waals surface area contributed by atoms with Gasteiger partial charge in [0, 0.05) is 19.0 Å². The van der Waals surface area contributed by atoms with E-state index in [-0.39, 0.29) is 11.3 Å². The predicted octanol–water partition coefficient (Wildman–Crippen LogP) is 0.324. The van der Waals surface area contributed by atoms with Gasteiger partial charge in [-0.15, -0.1) is 0 Å². The van der Waals surface area contributed by atoms with Gasteiger partial charge in [-0.1, -0.05) is 0 Å². The van der Waals surface area contributed by atoms with Gasteiger partial charge >= 0.3 is 5.97 Å². The maximum atomic E-state index is 10.9. The molecule has 16 heavy (non-hydrogen) atoms. The first-order valence-electron chi connectivity index (χ1n) is 4.74. The van der Waals surface area contributed by atoms with E-state index in [9.17, 15) is 13.2 Å². The molecular formula is C9H14N2O4S. The van der Waals surface area contributed by atoms with Gasteiger partial charge in [0.2, 0.25) is 0 Å². The fraction of sp³-hybridized carbons (Fsp3) is 0.556. The van der Waals surface area contributed by atoms with Crippen LogP contribution in [-0.4, -0.2) is 41.3 Å². The Hall–Kier alpha value is -1.37. The molecule has 0 saturated heterocycles. The van der Waals surface area contributed by atoms with Crippen LogP contribution < -0.4 is 0 Å². The number of carboxylic acid groups (broad SMARTS) is 1. The van der Waals surface area contributed by atoms with Crippen LogP contribution in [0.2, 0.25) is 0 Å². The molecule has 0 spiro atoms. The number of aromatic nitrogens is 2. The molecule has 0 aliphatic carbocycles. The van der Waals surface area contributed by atoms with E-state index in [1.165, 1.54) is 17.1 Å². The van der Waals surface area contributed by atoms with Crippen LogP contribution in [0.5, 0.6) is 0 Å². The van der Waals surface area contributed by atoms with Gasteiger partial charge in [0.15, 0.2) is 0 Å². The molecule has 0 fully saturated rings. The van der Waals surface area contributed by atoms with Crippen molar-refractivity contribution in [2.45, 2.75) is 19.9 Å². The number of hydrogen-bond donors (Lipinski definition) is 1. The molecule has 0 amide bonds. The molecule has 0 aromatic carbocycles. The Bertz CT molecular complexity index is 490. The summed E-state index contributed by atoms with van der Waals surface area (Å²) in [7, 11) is -2.97. The van der Waals surface area contributed by atoms with Crippen LogP contribution in [-0.2, 0) is 16.4 Å². The summed E-state index contributed by atoms with van der Waals surface area (Å²) in [6.45, 7) is 2.01. The highest BCUT2D eigenvalue weighted by atomic mass is 32.2. The van der Waals surface area contributed by atoms with Gasteiger partial charge in [-0.05, 0) is 13.3 Å². The lowest BCUT2D eigenvalue weighted by molar-refractivity contribution is 0.0696. The Morgan fingerprint density at radius 3 is 2.62 bits per heavy atom.